The Morgan fingerprint density at radius 1 is 0.878 bits per heavy atom. The Bertz CT molecular complexity index is 1690. The highest BCUT2D eigenvalue weighted by Crippen LogP contribution is 2.49. The molecule has 5 aromatic rings. The molecule has 0 saturated heterocycles. The number of aromatic nitrogens is 2. The van der Waals surface area contributed by atoms with Crippen LogP contribution < -0.4 is 0 Å². The zero-order valence-corrected chi connectivity index (χ0v) is 23.2. The van der Waals surface area contributed by atoms with E-state index in [4.69, 9.17) is 14.2 Å². The molecule has 0 aliphatic heterocycles. The molecule has 0 spiro atoms. The lowest BCUT2D eigenvalue weighted by atomic mass is 9.93. The van der Waals surface area contributed by atoms with Crippen LogP contribution in [0.15, 0.2) is 95.5 Å². The van der Waals surface area contributed by atoms with E-state index in [0.717, 1.165) is 69.1 Å². The van der Waals surface area contributed by atoms with Gasteiger partial charge >= 0.3 is 5.97 Å². The largest absolute Gasteiger partial charge is 0.465 e. The highest BCUT2D eigenvalue weighted by atomic mass is 19.1. The number of hydrogen-bond donors (Lipinski definition) is 0. The van der Waals surface area contributed by atoms with Gasteiger partial charge in [0.1, 0.15) is 5.82 Å². The fraction of sp³-hybridized carbons (Fsp3) is 0.229. The summed E-state index contributed by atoms with van der Waals surface area (Å²) in [5.74, 6) is 0.364. The number of pyridine rings is 1. The molecule has 1 saturated carbocycles. The Balaban J connectivity index is 1.19. The number of halogens is 1. The van der Waals surface area contributed by atoms with Gasteiger partial charge in [0.2, 0.25) is 0 Å². The molecule has 6 rings (SSSR count). The predicted molar refractivity (Wildman–Crippen MR) is 156 cm³/mol. The maximum Gasteiger partial charge on any atom is 0.316 e. The van der Waals surface area contributed by atoms with Gasteiger partial charge in [-0.3, -0.25) is 9.78 Å². The molecule has 3 aromatic carbocycles. The van der Waals surface area contributed by atoms with Gasteiger partial charge in [-0.25, -0.2) is 4.39 Å². The molecule has 0 N–H and O–H groups in total. The first-order valence-corrected chi connectivity index (χ1v) is 14.0. The van der Waals surface area contributed by atoms with Crippen molar-refractivity contribution in [3.05, 3.63) is 131 Å². The summed E-state index contributed by atoms with van der Waals surface area (Å²) in [4.78, 5) is 17.3. The van der Waals surface area contributed by atoms with Crippen molar-refractivity contribution in [2.45, 2.75) is 44.9 Å². The second-order valence-corrected chi connectivity index (χ2v) is 10.6. The molecule has 5 nitrogen and oxygen atoms in total. The number of esters is 1. The number of hydrogen-bond acceptors (Lipinski definition) is 5. The Kier molecular flexibility index (Phi) is 7.23. The summed E-state index contributed by atoms with van der Waals surface area (Å²) >= 11 is 0. The van der Waals surface area contributed by atoms with Crippen molar-refractivity contribution >= 4 is 5.97 Å². The van der Waals surface area contributed by atoms with Crippen LogP contribution in [-0.4, -0.2) is 22.7 Å². The second-order valence-electron chi connectivity index (χ2n) is 10.6. The summed E-state index contributed by atoms with van der Waals surface area (Å²) in [7, 11) is 0. The number of aryl methyl sites for hydroxylation is 1. The number of carbonyl (C=O) groups excluding carboxylic acids is 1. The van der Waals surface area contributed by atoms with Crippen molar-refractivity contribution < 1.29 is 18.4 Å². The summed E-state index contributed by atoms with van der Waals surface area (Å²) in [6.45, 7) is 4.18. The minimum Gasteiger partial charge on any atom is -0.465 e. The number of benzene rings is 3. The van der Waals surface area contributed by atoms with E-state index in [-0.39, 0.29) is 11.8 Å². The molecule has 0 atom stereocenters. The molecule has 6 heteroatoms. The normalized spacial score (nSPS) is 13.6. The highest BCUT2D eigenvalue weighted by molar-refractivity contribution is 5.87. The molecule has 0 bridgehead atoms. The quantitative estimate of drug-likeness (QED) is 0.178. The van der Waals surface area contributed by atoms with Gasteiger partial charge in [0.25, 0.3) is 0 Å². The zero-order valence-electron chi connectivity index (χ0n) is 23.2. The summed E-state index contributed by atoms with van der Waals surface area (Å²) in [5.41, 5.74) is 8.14. The molecule has 2 aromatic heterocycles. The number of ether oxygens (including phenoxy) is 1. The van der Waals surface area contributed by atoms with Crippen molar-refractivity contribution in [3.8, 4) is 22.5 Å². The van der Waals surface area contributed by atoms with E-state index in [9.17, 15) is 9.18 Å². The van der Waals surface area contributed by atoms with E-state index in [0.29, 0.717) is 19.4 Å². The maximum absolute atomic E-state index is 13.6. The van der Waals surface area contributed by atoms with E-state index in [1.807, 2.05) is 62.4 Å². The van der Waals surface area contributed by atoms with Crippen LogP contribution in [0.1, 0.15) is 53.5 Å². The average Bonchev–Trinajstić information content (AvgIpc) is 3.72. The standard InChI is InChI=1S/C35H31FN2O3/c1-3-40-34(39)35(18-19-35)28-16-14-26(15-17-28)25-10-12-27(13-11-25)33-32(23(2)38-41-33)22-31-9-5-8-30(37-31)21-24-6-4-7-29(36)20-24/h4-17,20H,3,18-19,21-22H2,1-2H3. The Morgan fingerprint density at radius 3 is 2.17 bits per heavy atom. The van der Waals surface area contributed by atoms with E-state index in [1.165, 1.54) is 6.07 Å². The van der Waals surface area contributed by atoms with Crippen LogP contribution in [0.2, 0.25) is 0 Å². The SMILES string of the molecule is CCOC(=O)C1(c2ccc(-c3ccc(-c4onc(C)c4Cc4cccc(Cc5cccc(F)c5)n4)cc3)cc2)CC1. The highest BCUT2D eigenvalue weighted by Gasteiger charge is 2.52. The second kappa shape index (κ2) is 11.1. The molecule has 2 heterocycles. The van der Waals surface area contributed by atoms with Gasteiger partial charge in [-0.15, -0.1) is 0 Å². The molecular formula is C35H31FN2O3. The van der Waals surface area contributed by atoms with Crippen LogP contribution in [-0.2, 0) is 27.8 Å². The lowest BCUT2D eigenvalue weighted by molar-refractivity contribution is -0.146. The van der Waals surface area contributed by atoms with Crippen molar-refractivity contribution in [1.29, 1.82) is 0 Å². The molecule has 206 valence electrons. The predicted octanol–water partition coefficient (Wildman–Crippen LogP) is 7.63. The summed E-state index contributed by atoms with van der Waals surface area (Å²) < 4.78 is 24.7. The Hall–Kier alpha value is -4.58. The van der Waals surface area contributed by atoms with Crippen molar-refractivity contribution in [2.24, 2.45) is 0 Å². The Morgan fingerprint density at radius 2 is 1.51 bits per heavy atom. The first kappa shape index (κ1) is 26.6. The lowest BCUT2D eigenvalue weighted by Crippen LogP contribution is -2.23. The molecule has 0 amide bonds. The molecule has 0 unspecified atom stereocenters. The topological polar surface area (TPSA) is 65.2 Å². The lowest BCUT2D eigenvalue weighted by Gasteiger charge is -2.14. The van der Waals surface area contributed by atoms with Gasteiger partial charge in [-0.2, -0.15) is 0 Å². The van der Waals surface area contributed by atoms with Crippen LogP contribution >= 0.6 is 0 Å². The van der Waals surface area contributed by atoms with Gasteiger partial charge in [0, 0.05) is 35.4 Å². The number of rotatable bonds is 9. The van der Waals surface area contributed by atoms with E-state index < -0.39 is 5.41 Å². The maximum atomic E-state index is 13.6. The number of carbonyl (C=O) groups is 1. The van der Waals surface area contributed by atoms with Crippen LogP contribution in [0.4, 0.5) is 4.39 Å². The van der Waals surface area contributed by atoms with E-state index in [2.05, 4.69) is 29.4 Å². The van der Waals surface area contributed by atoms with Crippen LogP contribution in [0, 0.1) is 12.7 Å². The third-order valence-electron chi connectivity index (χ3n) is 7.82. The first-order valence-electron chi connectivity index (χ1n) is 14.0. The Labute approximate surface area is 239 Å². The summed E-state index contributed by atoms with van der Waals surface area (Å²) in [5, 5.41) is 4.25. The van der Waals surface area contributed by atoms with Crippen molar-refractivity contribution in [3.63, 3.8) is 0 Å². The van der Waals surface area contributed by atoms with Gasteiger partial charge in [-0.05, 0) is 73.2 Å². The fourth-order valence-electron chi connectivity index (χ4n) is 5.39. The van der Waals surface area contributed by atoms with Crippen molar-refractivity contribution in [2.75, 3.05) is 6.61 Å². The molecular weight excluding hydrogens is 515 g/mol. The first-order chi connectivity index (χ1) is 19.9. The third-order valence-corrected chi connectivity index (χ3v) is 7.82. The summed E-state index contributed by atoms with van der Waals surface area (Å²) in [6, 6.07) is 29.0. The van der Waals surface area contributed by atoms with Gasteiger partial charge < -0.3 is 9.26 Å². The molecule has 1 aliphatic carbocycles. The van der Waals surface area contributed by atoms with Crippen molar-refractivity contribution in [1.82, 2.24) is 10.1 Å². The molecule has 1 aliphatic rings. The smallest absolute Gasteiger partial charge is 0.316 e. The minimum absolute atomic E-state index is 0.122. The number of nitrogens with zero attached hydrogens (tertiary/aromatic N) is 2. The van der Waals surface area contributed by atoms with Crippen LogP contribution in [0.3, 0.4) is 0 Å². The average molecular weight is 547 g/mol. The minimum atomic E-state index is -0.465. The van der Waals surface area contributed by atoms with Gasteiger partial charge in [0.05, 0.1) is 17.7 Å². The van der Waals surface area contributed by atoms with Gasteiger partial charge in [-0.1, -0.05) is 71.9 Å². The molecule has 1 fully saturated rings. The van der Waals surface area contributed by atoms with Gasteiger partial charge in [0.15, 0.2) is 5.76 Å². The molecule has 41 heavy (non-hydrogen) atoms. The zero-order chi connectivity index (χ0) is 28.4. The summed E-state index contributed by atoms with van der Waals surface area (Å²) in [6.07, 6.45) is 2.82. The molecule has 0 radical (unpaired) electrons. The van der Waals surface area contributed by atoms with Crippen LogP contribution in [0.5, 0.6) is 0 Å². The van der Waals surface area contributed by atoms with E-state index >= 15 is 0 Å². The fourth-order valence-corrected chi connectivity index (χ4v) is 5.39. The third kappa shape index (κ3) is 5.55. The monoisotopic (exact) mass is 546 g/mol. The van der Waals surface area contributed by atoms with E-state index in [1.54, 1.807) is 12.1 Å². The van der Waals surface area contributed by atoms with Crippen LogP contribution in [0.25, 0.3) is 22.5 Å².